The molecule has 6 nitrogen and oxygen atoms in total. The van der Waals surface area contributed by atoms with E-state index in [4.69, 9.17) is 0 Å². The lowest BCUT2D eigenvalue weighted by atomic mass is 10.1. The Bertz CT molecular complexity index is 1020. The molecule has 25 heavy (non-hydrogen) atoms. The molecule has 3 aromatic heterocycles. The molecule has 0 aliphatic carbocycles. The molecule has 0 bridgehead atoms. The van der Waals surface area contributed by atoms with Gasteiger partial charge in [0.1, 0.15) is 18.5 Å². The molecule has 0 unspecified atom stereocenters. The van der Waals surface area contributed by atoms with Crippen LogP contribution in [0.15, 0.2) is 55.2 Å². The maximum atomic E-state index is 13.4. The number of fused-ring (bicyclic) bond motifs is 1. The van der Waals surface area contributed by atoms with E-state index < -0.39 is 0 Å². The SMILES string of the molecule is Cc1cc(NCc2ccnc(-n3cncn3)c2)c2ccc(F)cc2n1. The van der Waals surface area contributed by atoms with Gasteiger partial charge in [-0.05, 0) is 42.8 Å². The minimum absolute atomic E-state index is 0.289. The predicted octanol–water partition coefficient (Wildman–Crippen LogP) is 3.27. The number of aryl methyl sites for hydroxylation is 1. The van der Waals surface area contributed by atoms with Gasteiger partial charge in [-0.25, -0.2) is 19.0 Å². The van der Waals surface area contributed by atoms with Gasteiger partial charge in [0.05, 0.1) is 5.52 Å². The molecular formula is C18H15FN6. The number of benzene rings is 1. The summed E-state index contributed by atoms with van der Waals surface area (Å²) in [5.74, 6) is 0.415. The van der Waals surface area contributed by atoms with E-state index in [1.807, 2.05) is 25.1 Å². The number of halogens is 1. The largest absolute Gasteiger partial charge is 0.380 e. The Hall–Kier alpha value is -3.35. The molecule has 4 rings (SSSR count). The van der Waals surface area contributed by atoms with Crippen LogP contribution in [0.25, 0.3) is 16.7 Å². The lowest BCUT2D eigenvalue weighted by molar-refractivity contribution is 0.629. The third-order valence-electron chi connectivity index (χ3n) is 3.85. The zero-order valence-electron chi connectivity index (χ0n) is 13.5. The van der Waals surface area contributed by atoms with Crippen LogP contribution < -0.4 is 5.32 Å². The van der Waals surface area contributed by atoms with Gasteiger partial charge in [0.15, 0.2) is 5.82 Å². The first-order valence-corrected chi connectivity index (χ1v) is 7.80. The minimum Gasteiger partial charge on any atom is -0.380 e. The lowest BCUT2D eigenvalue weighted by Gasteiger charge is -2.11. The Kier molecular flexibility index (Phi) is 3.81. The molecule has 0 fully saturated rings. The number of rotatable bonds is 4. The summed E-state index contributed by atoms with van der Waals surface area (Å²) in [7, 11) is 0. The zero-order chi connectivity index (χ0) is 17.2. The summed E-state index contributed by atoms with van der Waals surface area (Å²) in [4.78, 5) is 12.6. The van der Waals surface area contributed by atoms with E-state index in [2.05, 4.69) is 25.4 Å². The van der Waals surface area contributed by atoms with Crippen molar-refractivity contribution in [2.75, 3.05) is 5.32 Å². The topological polar surface area (TPSA) is 68.5 Å². The summed E-state index contributed by atoms with van der Waals surface area (Å²) < 4.78 is 15.1. The highest BCUT2D eigenvalue weighted by molar-refractivity contribution is 5.91. The summed E-state index contributed by atoms with van der Waals surface area (Å²) in [5.41, 5.74) is 3.44. The van der Waals surface area contributed by atoms with Gasteiger partial charge in [-0.2, -0.15) is 5.10 Å². The Morgan fingerprint density at radius 3 is 2.92 bits per heavy atom. The van der Waals surface area contributed by atoms with Crippen molar-refractivity contribution < 1.29 is 4.39 Å². The van der Waals surface area contributed by atoms with Crippen LogP contribution in [0.3, 0.4) is 0 Å². The van der Waals surface area contributed by atoms with Gasteiger partial charge < -0.3 is 5.32 Å². The van der Waals surface area contributed by atoms with Crippen LogP contribution in [0.1, 0.15) is 11.3 Å². The highest BCUT2D eigenvalue weighted by Gasteiger charge is 2.06. The highest BCUT2D eigenvalue weighted by atomic mass is 19.1. The molecule has 0 aliphatic rings. The van der Waals surface area contributed by atoms with Gasteiger partial charge in [-0.1, -0.05) is 0 Å². The summed E-state index contributed by atoms with van der Waals surface area (Å²) in [6.45, 7) is 2.49. The number of hydrogen-bond acceptors (Lipinski definition) is 5. The van der Waals surface area contributed by atoms with Crippen LogP contribution in [0.4, 0.5) is 10.1 Å². The summed E-state index contributed by atoms with van der Waals surface area (Å²) in [6.07, 6.45) is 4.81. The Morgan fingerprint density at radius 1 is 1.16 bits per heavy atom. The van der Waals surface area contributed by atoms with Crippen LogP contribution in [0, 0.1) is 12.7 Å². The van der Waals surface area contributed by atoms with E-state index in [1.54, 1.807) is 23.3 Å². The van der Waals surface area contributed by atoms with E-state index in [1.165, 1.54) is 18.5 Å². The van der Waals surface area contributed by atoms with Gasteiger partial charge in [-0.3, -0.25) is 4.98 Å². The molecule has 0 aliphatic heterocycles. The van der Waals surface area contributed by atoms with Crippen molar-refractivity contribution in [1.82, 2.24) is 24.7 Å². The van der Waals surface area contributed by atoms with E-state index in [9.17, 15) is 4.39 Å². The summed E-state index contributed by atoms with van der Waals surface area (Å²) in [6, 6.07) is 10.5. The molecule has 0 radical (unpaired) electrons. The predicted molar refractivity (Wildman–Crippen MR) is 92.9 cm³/mol. The zero-order valence-corrected chi connectivity index (χ0v) is 13.5. The van der Waals surface area contributed by atoms with Crippen LogP contribution >= 0.6 is 0 Å². The summed E-state index contributed by atoms with van der Waals surface area (Å²) in [5, 5.41) is 8.37. The molecule has 4 aromatic rings. The molecule has 7 heteroatoms. The van der Waals surface area contributed by atoms with Crippen molar-refractivity contribution in [2.24, 2.45) is 0 Å². The van der Waals surface area contributed by atoms with Crippen molar-refractivity contribution in [3.05, 3.63) is 72.3 Å². The normalized spacial score (nSPS) is 11.0. The minimum atomic E-state index is -0.289. The molecule has 0 atom stereocenters. The van der Waals surface area contributed by atoms with Gasteiger partial charge in [0, 0.05) is 35.6 Å². The van der Waals surface area contributed by atoms with Crippen LogP contribution in [0.5, 0.6) is 0 Å². The van der Waals surface area contributed by atoms with E-state index in [0.29, 0.717) is 17.9 Å². The number of nitrogens with one attached hydrogen (secondary N) is 1. The third kappa shape index (κ3) is 3.16. The molecular weight excluding hydrogens is 319 g/mol. The number of nitrogens with zero attached hydrogens (tertiary/aromatic N) is 5. The Balaban J connectivity index is 1.62. The van der Waals surface area contributed by atoms with Crippen molar-refractivity contribution >= 4 is 16.6 Å². The second-order valence-electron chi connectivity index (χ2n) is 5.69. The van der Waals surface area contributed by atoms with E-state index >= 15 is 0 Å². The lowest BCUT2D eigenvalue weighted by Crippen LogP contribution is -2.04. The molecule has 124 valence electrons. The molecule has 0 spiro atoms. The van der Waals surface area contributed by atoms with Gasteiger partial charge in [0.2, 0.25) is 0 Å². The average Bonchev–Trinajstić information content (AvgIpc) is 3.14. The maximum Gasteiger partial charge on any atom is 0.155 e. The molecule has 1 N–H and O–H groups in total. The van der Waals surface area contributed by atoms with Crippen molar-refractivity contribution in [2.45, 2.75) is 13.5 Å². The Labute approximate surface area is 143 Å². The first-order chi connectivity index (χ1) is 12.2. The molecule has 0 saturated carbocycles. The first kappa shape index (κ1) is 15.2. The fourth-order valence-electron chi connectivity index (χ4n) is 2.70. The molecule has 1 aromatic carbocycles. The average molecular weight is 334 g/mol. The number of aromatic nitrogens is 5. The van der Waals surface area contributed by atoms with Crippen molar-refractivity contribution in [1.29, 1.82) is 0 Å². The fourth-order valence-corrected chi connectivity index (χ4v) is 2.70. The quantitative estimate of drug-likeness (QED) is 0.620. The van der Waals surface area contributed by atoms with Crippen LogP contribution in [0.2, 0.25) is 0 Å². The highest BCUT2D eigenvalue weighted by Crippen LogP contribution is 2.24. The molecule has 0 saturated heterocycles. The summed E-state index contributed by atoms with van der Waals surface area (Å²) >= 11 is 0. The third-order valence-corrected chi connectivity index (χ3v) is 3.85. The Morgan fingerprint density at radius 2 is 2.08 bits per heavy atom. The monoisotopic (exact) mass is 334 g/mol. The number of anilines is 1. The first-order valence-electron chi connectivity index (χ1n) is 7.80. The van der Waals surface area contributed by atoms with E-state index in [0.717, 1.165) is 22.3 Å². The standard InChI is InChI=1S/C18H15FN6/c1-12-6-16(15-3-2-14(19)8-17(15)24-12)22-9-13-4-5-21-18(7-13)25-11-20-10-23-25/h2-8,10-11H,9H2,1H3,(H,22,24). The van der Waals surface area contributed by atoms with Crippen molar-refractivity contribution in [3.8, 4) is 5.82 Å². The van der Waals surface area contributed by atoms with Crippen molar-refractivity contribution in [3.63, 3.8) is 0 Å². The number of pyridine rings is 2. The molecule has 0 amide bonds. The second-order valence-corrected chi connectivity index (χ2v) is 5.69. The van der Waals surface area contributed by atoms with E-state index in [-0.39, 0.29) is 5.82 Å². The van der Waals surface area contributed by atoms with Gasteiger partial charge in [0.25, 0.3) is 0 Å². The van der Waals surface area contributed by atoms with Crippen LogP contribution in [-0.4, -0.2) is 24.7 Å². The maximum absolute atomic E-state index is 13.4. The molecule has 3 heterocycles. The van der Waals surface area contributed by atoms with Crippen LogP contribution in [-0.2, 0) is 6.54 Å². The van der Waals surface area contributed by atoms with Gasteiger partial charge >= 0.3 is 0 Å². The fraction of sp³-hybridized carbons (Fsp3) is 0.111. The second kappa shape index (κ2) is 6.27. The number of hydrogen-bond donors (Lipinski definition) is 1. The smallest absolute Gasteiger partial charge is 0.155 e. The van der Waals surface area contributed by atoms with Gasteiger partial charge in [-0.15, -0.1) is 0 Å².